The van der Waals surface area contributed by atoms with Crippen molar-refractivity contribution in [1.82, 2.24) is 0 Å². The van der Waals surface area contributed by atoms with Gasteiger partial charge in [0.25, 0.3) is 10.1 Å². The maximum Gasteiger partial charge on any atom is 0.268 e. The Kier molecular flexibility index (Phi) is 18.8. The van der Waals surface area contributed by atoms with Gasteiger partial charge in [-0.05, 0) is 6.42 Å². The Labute approximate surface area is 147 Å². The van der Waals surface area contributed by atoms with Crippen LogP contribution < -0.4 is 5.73 Å². The first kappa shape index (κ1) is 23.1. The average molecular weight is 316 g/mol. The van der Waals surface area contributed by atoms with E-state index >= 15 is 0 Å². The summed E-state index contributed by atoms with van der Waals surface area (Å²) in [7, 11) is -3.37. The van der Waals surface area contributed by atoms with Crippen LogP contribution in [-0.4, -0.2) is 56.9 Å². The van der Waals surface area contributed by atoms with E-state index in [-0.39, 0.29) is 41.9 Å². The minimum atomic E-state index is -3.37. The smallest absolute Gasteiger partial charge is 0.268 e. The molecular formula is C14H31NNaO3S. The van der Waals surface area contributed by atoms with Crippen LogP contribution >= 0.6 is 0 Å². The normalized spacial score (nSPS) is 11.3. The number of unbranched alkanes of at least 4 members (excludes halogenated alkanes) is 9. The molecule has 0 aliphatic heterocycles. The van der Waals surface area contributed by atoms with Crippen LogP contribution in [-0.2, 0) is 14.3 Å². The maximum atomic E-state index is 11.2. The zero-order chi connectivity index (χ0) is 14.4. The molecule has 0 bridgehead atoms. The quantitative estimate of drug-likeness (QED) is 0.304. The zero-order valence-corrected chi connectivity index (χ0v) is 16.2. The van der Waals surface area contributed by atoms with E-state index in [2.05, 4.69) is 6.92 Å². The Hall–Kier alpha value is 0.870. The summed E-state index contributed by atoms with van der Waals surface area (Å²) in [6, 6.07) is 0. The van der Waals surface area contributed by atoms with E-state index in [1.54, 1.807) is 0 Å². The van der Waals surface area contributed by atoms with Crippen LogP contribution in [0.3, 0.4) is 0 Å². The molecule has 2 N–H and O–H groups in total. The molecule has 1 radical (unpaired) electrons. The Morgan fingerprint density at radius 3 is 1.75 bits per heavy atom. The van der Waals surface area contributed by atoms with Crippen LogP contribution in [0.2, 0.25) is 0 Å². The molecule has 0 saturated heterocycles. The number of hydrogen-bond donors (Lipinski definition) is 1. The van der Waals surface area contributed by atoms with Gasteiger partial charge in [-0.2, -0.15) is 8.42 Å². The van der Waals surface area contributed by atoms with Crippen LogP contribution in [0, 0.1) is 0 Å². The van der Waals surface area contributed by atoms with Gasteiger partial charge in [-0.25, -0.2) is 0 Å². The fraction of sp³-hybridized carbons (Fsp3) is 1.00. The van der Waals surface area contributed by atoms with Crippen LogP contribution in [0.25, 0.3) is 0 Å². The Balaban J connectivity index is 0. The standard InChI is InChI=1S/C14H31NO3S.Na/c1-2-3-4-5-6-7-8-9-10-11-13-18-19(16,17)14-12-15;/h2-15H2,1H3;. The Morgan fingerprint density at radius 2 is 1.30 bits per heavy atom. The van der Waals surface area contributed by atoms with Crippen LogP contribution in [0.4, 0.5) is 0 Å². The first-order valence-corrected chi connectivity index (χ1v) is 9.27. The van der Waals surface area contributed by atoms with Crippen molar-refractivity contribution in [3.63, 3.8) is 0 Å². The largest absolute Gasteiger partial charge is 0.329 e. The molecule has 0 saturated carbocycles. The van der Waals surface area contributed by atoms with Gasteiger partial charge in [-0.15, -0.1) is 0 Å². The van der Waals surface area contributed by atoms with E-state index in [1.165, 1.54) is 51.4 Å². The second kappa shape index (κ2) is 16.2. The summed E-state index contributed by atoms with van der Waals surface area (Å²) in [6.45, 7) is 2.66. The molecule has 0 amide bonds. The van der Waals surface area contributed by atoms with Gasteiger partial charge in [0, 0.05) is 36.1 Å². The van der Waals surface area contributed by atoms with Crippen molar-refractivity contribution in [2.24, 2.45) is 5.73 Å². The third kappa shape index (κ3) is 16.9. The van der Waals surface area contributed by atoms with E-state index in [0.29, 0.717) is 6.61 Å². The molecule has 0 spiro atoms. The van der Waals surface area contributed by atoms with Gasteiger partial charge in [0.15, 0.2) is 0 Å². The first-order chi connectivity index (χ1) is 9.12. The molecule has 0 aromatic heterocycles. The average Bonchev–Trinajstić information content (AvgIpc) is 2.36. The van der Waals surface area contributed by atoms with E-state index in [9.17, 15) is 8.42 Å². The van der Waals surface area contributed by atoms with Crippen LogP contribution in [0.1, 0.15) is 71.1 Å². The summed E-state index contributed by atoms with van der Waals surface area (Å²) >= 11 is 0. The maximum absolute atomic E-state index is 11.2. The third-order valence-corrected chi connectivity index (χ3v) is 4.39. The number of hydrogen-bond acceptors (Lipinski definition) is 4. The molecule has 20 heavy (non-hydrogen) atoms. The molecule has 0 atom stereocenters. The molecule has 6 heteroatoms. The molecule has 0 unspecified atom stereocenters. The minimum absolute atomic E-state index is 0. The Morgan fingerprint density at radius 1 is 0.850 bits per heavy atom. The predicted molar refractivity (Wildman–Crippen MR) is 86.4 cm³/mol. The summed E-state index contributed by atoms with van der Waals surface area (Å²) in [4.78, 5) is 0. The van der Waals surface area contributed by atoms with Gasteiger partial charge < -0.3 is 5.73 Å². The molecular weight excluding hydrogens is 285 g/mol. The van der Waals surface area contributed by atoms with Gasteiger partial charge in [0.05, 0.1) is 12.4 Å². The fourth-order valence-corrected chi connectivity index (χ4v) is 2.76. The van der Waals surface area contributed by atoms with E-state index in [0.717, 1.165) is 12.8 Å². The van der Waals surface area contributed by atoms with E-state index in [4.69, 9.17) is 9.92 Å². The third-order valence-electron chi connectivity index (χ3n) is 3.13. The van der Waals surface area contributed by atoms with Crippen LogP contribution in [0.15, 0.2) is 0 Å². The summed E-state index contributed by atoms with van der Waals surface area (Å²) in [6.07, 6.45) is 12.3. The SMILES string of the molecule is CCCCCCCCCCCCOS(=O)(=O)CCN.[Na]. The van der Waals surface area contributed by atoms with Crippen molar-refractivity contribution in [2.45, 2.75) is 71.1 Å². The second-order valence-electron chi connectivity index (χ2n) is 5.05. The van der Waals surface area contributed by atoms with Crippen molar-refractivity contribution < 1.29 is 12.6 Å². The van der Waals surface area contributed by atoms with Gasteiger partial charge in [0.2, 0.25) is 0 Å². The van der Waals surface area contributed by atoms with E-state index < -0.39 is 10.1 Å². The van der Waals surface area contributed by atoms with Gasteiger partial charge in [-0.3, -0.25) is 4.18 Å². The monoisotopic (exact) mass is 316 g/mol. The topological polar surface area (TPSA) is 69.4 Å². The van der Waals surface area contributed by atoms with E-state index in [1.807, 2.05) is 0 Å². The van der Waals surface area contributed by atoms with Crippen molar-refractivity contribution in [3.8, 4) is 0 Å². The molecule has 0 fully saturated rings. The summed E-state index contributed by atoms with van der Waals surface area (Å²) in [5, 5.41) is 0. The fourth-order valence-electron chi connectivity index (χ4n) is 1.98. The first-order valence-electron chi connectivity index (χ1n) is 7.69. The summed E-state index contributed by atoms with van der Waals surface area (Å²) in [5.74, 6) is -0.0786. The van der Waals surface area contributed by atoms with Gasteiger partial charge >= 0.3 is 0 Å². The van der Waals surface area contributed by atoms with Crippen molar-refractivity contribution >= 4 is 39.7 Å². The molecule has 0 aliphatic rings. The van der Waals surface area contributed by atoms with Crippen LogP contribution in [0.5, 0.6) is 0 Å². The Bertz CT molecular complexity index is 284. The second-order valence-corrected chi connectivity index (χ2v) is 6.81. The van der Waals surface area contributed by atoms with Crippen molar-refractivity contribution in [2.75, 3.05) is 18.9 Å². The molecule has 0 aliphatic carbocycles. The van der Waals surface area contributed by atoms with Crippen molar-refractivity contribution in [3.05, 3.63) is 0 Å². The van der Waals surface area contributed by atoms with Gasteiger partial charge in [-0.1, -0.05) is 64.7 Å². The minimum Gasteiger partial charge on any atom is -0.329 e. The molecule has 0 aromatic carbocycles. The molecule has 0 aromatic rings. The number of rotatable bonds is 14. The van der Waals surface area contributed by atoms with Gasteiger partial charge in [0.1, 0.15) is 0 Å². The molecule has 0 heterocycles. The van der Waals surface area contributed by atoms with Crippen molar-refractivity contribution in [1.29, 1.82) is 0 Å². The predicted octanol–water partition coefficient (Wildman–Crippen LogP) is 2.83. The zero-order valence-electron chi connectivity index (χ0n) is 13.4. The summed E-state index contributed by atoms with van der Waals surface area (Å²) in [5.41, 5.74) is 5.18. The number of nitrogens with two attached hydrogens (primary N) is 1. The molecule has 117 valence electrons. The summed E-state index contributed by atoms with van der Waals surface area (Å²) < 4.78 is 27.2. The molecule has 4 nitrogen and oxygen atoms in total. The molecule has 0 rings (SSSR count).